The van der Waals surface area contributed by atoms with Gasteiger partial charge in [-0.3, -0.25) is 0 Å². The standard InChI is InChI=1S/C11H17BrN2O2Si/c1-17(2,3)16-11(4-5-15-8-11)10-13-6-9(12)7-14-10/h6-7H,4-5,8H2,1-3H3. The number of hydrogen-bond donors (Lipinski definition) is 0. The molecule has 17 heavy (non-hydrogen) atoms. The van der Waals surface area contributed by atoms with E-state index in [1.54, 1.807) is 12.4 Å². The van der Waals surface area contributed by atoms with Gasteiger partial charge in [0.25, 0.3) is 0 Å². The van der Waals surface area contributed by atoms with Crippen LogP contribution in [0.1, 0.15) is 12.2 Å². The molecular weight excluding hydrogens is 300 g/mol. The van der Waals surface area contributed by atoms with E-state index >= 15 is 0 Å². The van der Waals surface area contributed by atoms with Crippen LogP contribution >= 0.6 is 15.9 Å². The molecule has 0 spiro atoms. The van der Waals surface area contributed by atoms with Crippen LogP contribution in [0.3, 0.4) is 0 Å². The fourth-order valence-corrected chi connectivity index (χ4v) is 3.61. The monoisotopic (exact) mass is 316 g/mol. The largest absolute Gasteiger partial charge is 0.403 e. The van der Waals surface area contributed by atoms with E-state index in [9.17, 15) is 0 Å². The highest BCUT2D eigenvalue weighted by atomic mass is 79.9. The fourth-order valence-electron chi connectivity index (χ4n) is 1.98. The summed E-state index contributed by atoms with van der Waals surface area (Å²) in [4.78, 5) is 8.75. The first kappa shape index (κ1) is 13.1. The zero-order valence-electron chi connectivity index (χ0n) is 10.4. The SMILES string of the molecule is C[Si](C)(C)OC1(c2ncc(Br)cn2)CCOC1. The minimum absolute atomic E-state index is 0.439. The van der Waals surface area contributed by atoms with Crippen molar-refractivity contribution in [1.29, 1.82) is 0 Å². The van der Waals surface area contributed by atoms with Crippen LogP contribution in [-0.4, -0.2) is 31.5 Å². The maximum atomic E-state index is 6.29. The molecule has 4 nitrogen and oxygen atoms in total. The molecule has 1 aliphatic rings. The summed E-state index contributed by atoms with van der Waals surface area (Å²) in [6, 6.07) is 0. The molecule has 0 aliphatic carbocycles. The number of rotatable bonds is 3. The predicted octanol–water partition coefficient (Wildman–Crippen LogP) is 2.71. The molecule has 0 aromatic carbocycles. The van der Waals surface area contributed by atoms with Crippen LogP contribution in [0.2, 0.25) is 19.6 Å². The molecule has 0 bridgehead atoms. The van der Waals surface area contributed by atoms with Crippen molar-refractivity contribution in [3.05, 3.63) is 22.7 Å². The van der Waals surface area contributed by atoms with Gasteiger partial charge in [0.05, 0.1) is 11.1 Å². The highest BCUT2D eigenvalue weighted by Gasteiger charge is 2.43. The first-order chi connectivity index (χ1) is 7.91. The lowest BCUT2D eigenvalue weighted by Crippen LogP contribution is -2.42. The van der Waals surface area contributed by atoms with Gasteiger partial charge in [-0.1, -0.05) is 0 Å². The van der Waals surface area contributed by atoms with E-state index in [2.05, 4.69) is 45.5 Å². The van der Waals surface area contributed by atoms with Gasteiger partial charge < -0.3 is 9.16 Å². The van der Waals surface area contributed by atoms with E-state index in [4.69, 9.17) is 9.16 Å². The van der Waals surface area contributed by atoms with Gasteiger partial charge in [-0.25, -0.2) is 9.97 Å². The fraction of sp³-hybridized carbons (Fsp3) is 0.636. The number of aromatic nitrogens is 2. The minimum atomic E-state index is -1.66. The molecule has 0 N–H and O–H groups in total. The molecule has 2 heterocycles. The molecule has 1 atom stereocenters. The van der Waals surface area contributed by atoms with Crippen LogP contribution in [0.15, 0.2) is 16.9 Å². The van der Waals surface area contributed by atoms with Crippen molar-refractivity contribution in [3.8, 4) is 0 Å². The molecule has 0 amide bonds. The Morgan fingerprint density at radius 1 is 1.35 bits per heavy atom. The normalized spacial score (nSPS) is 25.2. The van der Waals surface area contributed by atoms with Gasteiger partial charge in [-0.2, -0.15) is 0 Å². The quantitative estimate of drug-likeness (QED) is 0.804. The van der Waals surface area contributed by atoms with Crippen molar-refractivity contribution in [3.63, 3.8) is 0 Å². The molecule has 1 saturated heterocycles. The number of halogens is 1. The van der Waals surface area contributed by atoms with Crippen molar-refractivity contribution in [2.75, 3.05) is 13.2 Å². The minimum Gasteiger partial charge on any atom is -0.403 e. The third-order valence-corrected chi connectivity index (χ3v) is 3.93. The zero-order valence-corrected chi connectivity index (χ0v) is 13.0. The number of hydrogen-bond acceptors (Lipinski definition) is 4. The van der Waals surface area contributed by atoms with Gasteiger partial charge in [0.1, 0.15) is 5.60 Å². The Hall–Kier alpha value is -0.303. The Kier molecular flexibility index (Phi) is 3.68. The van der Waals surface area contributed by atoms with Crippen LogP contribution in [0.25, 0.3) is 0 Å². The third kappa shape index (κ3) is 3.13. The second-order valence-corrected chi connectivity index (χ2v) is 10.6. The topological polar surface area (TPSA) is 44.2 Å². The lowest BCUT2D eigenvalue weighted by Gasteiger charge is -2.33. The van der Waals surface area contributed by atoms with Crippen molar-refractivity contribution in [2.24, 2.45) is 0 Å². The molecule has 2 rings (SSSR count). The Labute approximate surface area is 111 Å². The Morgan fingerprint density at radius 3 is 2.47 bits per heavy atom. The van der Waals surface area contributed by atoms with Crippen LogP contribution in [0, 0.1) is 0 Å². The lowest BCUT2D eigenvalue weighted by molar-refractivity contribution is 0.0328. The van der Waals surface area contributed by atoms with E-state index in [1.165, 1.54) is 0 Å². The highest BCUT2D eigenvalue weighted by molar-refractivity contribution is 9.10. The Balaban J connectivity index is 2.31. The molecule has 1 fully saturated rings. The smallest absolute Gasteiger partial charge is 0.185 e. The second-order valence-electron chi connectivity index (χ2n) is 5.24. The maximum Gasteiger partial charge on any atom is 0.185 e. The average molecular weight is 317 g/mol. The van der Waals surface area contributed by atoms with Crippen LogP contribution in [-0.2, 0) is 14.8 Å². The van der Waals surface area contributed by atoms with Crippen LogP contribution in [0.4, 0.5) is 0 Å². The maximum absolute atomic E-state index is 6.29. The lowest BCUT2D eigenvalue weighted by atomic mass is 10.0. The Bertz CT molecular complexity index is 385. The van der Waals surface area contributed by atoms with E-state index in [0.29, 0.717) is 13.2 Å². The molecule has 0 saturated carbocycles. The van der Waals surface area contributed by atoms with E-state index in [-0.39, 0.29) is 0 Å². The van der Waals surface area contributed by atoms with Gasteiger partial charge in [0.15, 0.2) is 14.1 Å². The molecule has 1 aromatic heterocycles. The van der Waals surface area contributed by atoms with Gasteiger partial charge in [-0.15, -0.1) is 0 Å². The summed E-state index contributed by atoms with van der Waals surface area (Å²) < 4.78 is 12.7. The molecule has 94 valence electrons. The Morgan fingerprint density at radius 2 is 2.00 bits per heavy atom. The summed E-state index contributed by atoms with van der Waals surface area (Å²) in [5, 5.41) is 0. The molecule has 1 aromatic rings. The van der Waals surface area contributed by atoms with Crippen molar-refractivity contribution < 1.29 is 9.16 Å². The van der Waals surface area contributed by atoms with Crippen molar-refractivity contribution in [2.45, 2.75) is 31.7 Å². The van der Waals surface area contributed by atoms with Gasteiger partial charge in [0, 0.05) is 25.4 Å². The van der Waals surface area contributed by atoms with Gasteiger partial charge >= 0.3 is 0 Å². The summed E-state index contributed by atoms with van der Waals surface area (Å²) in [6.45, 7) is 7.78. The first-order valence-corrected chi connectivity index (χ1v) is 9.87. The van der Waals surface area contributed by atoms with E-state index in [0.717, 1.165) is 16.7 Å². The van der Waals surface area contributed by atoms with Crippen molar-refractivity contribution in [1.82, 2.24) is 9.97 Å². The van der Waals surface area contributed by atoms with Crippen LogP contribution < -0.4 is 0 Å². The summed E-state index contributed by atoms with van der Waals surface area (Å²) in [7, 11) is -1.66. The molecule has 1 aliphatic heterocycles. The first-order valence-electron chi connectivity index (χ1n) is 5.67. The predicted molar refractivity (Wildman–Crippen MR) is 71.3 cm³/mol. The second kappa shape index (κ2) is 4.76. The van der Waals surface area contributed by atoms with Gasteiger partial charge in [0.2, 0.25) is 0 Å². The summed E-state index contributed by atoms with van der Waals surface area (Å²) >= 11 is 3.34. The number of nitrogens with zero attached hydrogens (tertiary/aromatic N) is 2. The summed E-state index contributed by atoms with van der Waals surface area (Å²) in [6.07, 6.45) is 4.35. The molecule has 0 radical (unpaired) electrons. The van der Waals surface area contributed by atoms with Crippen LogP contribution in [0.5, 0.6) is 0 Å². The molecule has 1 unspecified atom stereocenters. The molecular formula is C11H17BrN2O2Si. The van der Waals surface area contributed by atoms with E-state index in [1.807, 2.05) is 0 Å². The summed E-state index contributed by atoms with van der Waals surface area (Å²) in [5.74, 6) is 0.737. The zero-order chi connectivity index (χ0) is 12.5. The third-order valence-electron chi connectivity index (χ3n) is 2.51. The highest BCUT2D eigenvalue weighted by Crippen LogP contribution is 2.35. The summed E-state index contributed by atoms with van der Waals surface area (Å²) in [5.41, 5.74) is -0.439. The average Bonchev–Trinajstić information content (AvgIpc) is 2.65. The van der Waals surface area contributed by atoms with Crippen molar-refractivity contribution >= 4 is 24.2 Å². The molecule has 6 heteroatoms. The van der Waals surface area contributed by atoms with E-state index < -0.39 is 13.9 Å². The number of ether oxygens (including phenoxy) is 1. The van der Waals surface area contributed by atoms with Gasteiger partial charge in [-0.05, 0) is 35.6 Å².